The number of hydrogen-bond donors (Lipinski definition) is 3. The van der Waals surface area contributed by atoms with E-state index in [1.54, 1.807) is 86.5 Å². The molecule has 0 saturated carbocycles. The van der Waals surface area contributed by atoms with Crippen molar-refractivity contribution in [3.05, 3.63) is 204 Å². The fourth-order valence-corrected chi connectivity index (χ4v) is 10.5. The average Bonchev–Trinajstić information content (AvgIpc) is 1.42. The molecule has 2 aliphatic rings. The number of thiophene rings is 1. The van der Waals surface area contributed by atoms with Gasteiger partial charge >= 0.3 is 0 Å². The zero-order valence-electron chi connectivity index (χ0n) is 62.0. The molecule has 5 heterocycles. The van der Waals surface area contributed by atoms with Gasteiger partial charge in [-0.2, -0.15) is 11.3 Å². The number of para-hydroxylation sites is 1. The van der Waals surface area contributed by atoms with Crippen LogP contribution in [0.3, 0.4) is 0 Å². The molecule has 7 aromatic rings. The highest BCUT2D eigenvalue weighted by atomic mass is 32.2. The van der Waals surface area contributed by atoms with Crippen molar-refractivity contribution in [1.82, 2.24) is 29.2 Å². The summed E-state index contributed by atoms with van der Waals surface area (Å²) < 4.78 is 66.3. The highest BCUT2D eigenvalue weighted by Gasteiger charge is 2.15. The van der Waals surface area contributed by atoms with E-state index >= 15 is 0 Å². The first-order valence-electron chi connectivity index (χ1n) is 33.8. The summed E-state index contributed by atoms with van der Waals surface area (Å²) in [6, 6.07) is 47.5. The summed E-state index contributed by atoms with van der Waals surface area (Å²) in [5, 5.41) is 7.39. The summed E-state index contributed by atoms with van der Waals surface area (Å²) in [6.45, 7) is 53.2. The van der Waals surface area contributed by atoms with Gasteiger partial charge < -0.3 is 24.1 Å². The monoisotopic (exact) mass is 1360 g/mol. The van der Waals surface area contributed by atoms with Crippen LogP contribution in [-0.4, -0.2) is 112 Å². The molecule has 0 spiro atoms. The number of benzene rings is 4. The maximum atomic E-state index is 11.5. The molecule has 2 fully saturated rings. The highest BCUT2D eigenvalue weighted by molar-refractivity contribution is 7.89. The molecule has 4 aromatic carbocycles. The zero-order valence-corrected chi connectivity index (χ0v) is 64.5. The Morgan fingerprint density at radius 1 is 0.500 bits per heavy atom. The number of aromatic nitrogens is 2. The molecule has 14 nitrogen and oxygen atoms in total. The lowest BCUT2D eigenvalue weighted by Gasteiger charge is -2.29. The first kappa shape index (κ1) is 92.6. The van der Waals surface area contributed by atoms with Crippen LogP contribution in [0.4, 0.5) is 5.69 Å². The smallest absolute Gasteiger partial charge is 0.240 e. The number of hydrogen-bond acceptors (Lipinski definition) is 13. The van der Waals surface area contributed by atoms with E-state index < -0.39 is 20.0 Å². The second kappa shape index (κ2) is 59.9. The van der Waals surface area contributed by atoms with Gasteiger partial charge in [-0.15, -0.1) is 0 Å². The molecule has 9 rings (SSSR count). The minimum Gasteiger partial charge on any atom is -0.473 e. The standard InChI is InChI=1S/C10H15NO2S.C10H14O.C9H13NO2S.C9H13N.C7H10N2.C7H15NO.C7H15N.C4H4O.C4H4S.2C4H10.C2H6/c1-9(2)11-14(12,13)8-10-6-4-3-5-7-10;1-9(2)11-8-10-6-4-3-5-7-10;1-8(2)10-13(11,12)9-6-4-3-5-7-9;1-8(2)10-9-6-4-3-5-7-9;1-6(2)7-3-8-5-9-4-7;1-7(2)8-3-5-9-6-4-8;1-7(2)8-5-3-4-6-8;2*1-2-4-5-3-1;2*1-4(2)3;1-2/h3-7,9,11H,8H2,1-2H3;3-7,9H,8H2,1-2H3;3-8,10H,1-2H3;3-8,10H,1-2H3;3-6H,1-2H3;7H,3-6H2,1-2H3;7H,3-6H2,1-2H3;2*1-4H;2*4H,1-3H3;1-2H3. The lowest BCUT2D eigenvalue weighted by atomic mass is 10.1. The summed E-state index contributed by atoms with van der Waals surface area (Å²) in [5.74, 6) is 2.25. The Kier molecular flexibility index (Phi) is 59.0. The van der Waals surface area contributed by atoms with E-state index in [1.165, 1.54) is 42.7 Å². The molecule has 2 saturated heterocycles. The Bertz CT molecular complexity index is 2770. The number of nitrogens with zero attached hydrogens (tertiary/aromatic N) is 4. The fraction of sp³-hybridized carbons (Fsp3) is 0.532. The second-order valence-corrected chi connectivity index (χ2v) is 29.4. The Morgan fingerprint density at radius 2 is 0.904 bits per heavy atom. The van der Waals surface area contributed by atoms with E-state index in [0.29, 0.717) is 29.0 Å². The molecule has 3 aromatic heterocycles. The van der Waals surface area contributed by atoms with Crippen molar-refractivity contribution in [2.75, 3.05) is 44.7 Å². The second-order valence-electron chi connectivity index (χ2n) is 25.1. The van der Waals surface area contributed by atoms with Gasteiger partial charge in [0, 0.05) is 61.4 Å². The van der Waals surface area contributed by atoms with Crippen molar-refractivity contribution in [3.8, 4) is 0 Å². The number of ether oxygens (including phenoxy) is 2. The number of sulfonamides is 2. The molecule has 0 amide bonds. The predicted octanol–water partition coefficient (Wildman–Crippen LogP) is 19.2. The quantitative estimate of drug-likeness (QED) is 0.0890. The van der Waals surface area contributed by atoms with Gasteiger partial charge in [0.1, 0.15) is 6.33 Å². The third kappa shape index (κ3) is 61.3. The van der Waals surface area contributed by atoms with E-state index in [4.69, 9.17) is 9.47 Å². The number of morpholine rings is 1. The van der Waals surface area contributed by atoms with E-state index in [9.17, 15) is 16.8 Å². The number of anilines is 1. The molecule has 0 bridgehead atoms. The van der Waals surface area contributed by atoms with Crippen LogP contribution in [0.15, 0.2) is 197 Å². The van der Waals surface area contributed by atoms with E-state index in [-0.39, 0.29) is 17.8 Å². The minimum absolute atomic E-state index is 0.0476. The maximum Gasteiger partial charge on any atom is 0.240 e. The van der Waals surface area contributed by atoms with Crippen LogP contribution in [0.2, 0.25) is 0 Å². The average molecular weight is 1360 g/mol. The zero-order chi connectivity index (χ0) is 71.6. The summed E-state index contributed by atoms with van der Waals surface area (Å²) in [7, 11) is -6.49. The van der Waals surface area contributed by atoms with Crippen LogP contribution < -0.4 is 14.8 Å². The molecule has 2 aliphatic heterocycles. The first-order valence-corrected chi connectivity index (χ1v) is 37.9. The Balaban J connectivity index is -0.000000984. The Hall–Kier alpha value is -5.60. The van der Waals surface area contributed by atoms with E-state index in [2.05, 4.69) is 160 Å². The van der Waals surface area contributed by atoms with Gasteiger partial charge in [0.15, 0.2) is 0 Å². The van der Waals surface area contributed by atoms with Crippen LogP contribution in [0.5, 0.6) is 0 Å². The van der Waals surface area contributed by atoms with Gasteiger partial charge in [0.2, 0.25) is 20.0 Å². The molecule has 0 aliphatic carbocycles. The van der Waals surface area contributed by atoms with Gasteiger partial charge in [-0.1, -0.05) is 178 Å². The molecular weight excluding hydrogens is 1230 g/mol. The first-order chi connectivity index (χ1) is 44.5. The topological polar surface area (TPSA) is 168 Å². The van der Waals surface area contributed by atoms with Gasteiger partial charge in [0.05, 0.1) is 49.1 Å². The van der Waals surface area contributed by atoms with Gasteiger partial charge in [-0.05, 0) is 191 Å². The van der Waals surface area contributed by atoms with Gasteiger partial charge in [-0.25, -0.2) is 36.2 Å². The number of nitrogens with one attached hydrogen (secondary N) is 3. The van der Waals surface area contributed by atoms with Crippen LogP contribution in [0.1, 0.15) is 188 Å². The van der Waals surface area contributed by atoms with Crippen LogP contribution in [0.25, 0.3) is 0 Å². The van der Waals surface area contributed by atoms with E-state index in [1.807, 2.05) is 144 Å². The summed E-state index contributed by atoms with van der Waals surface area (Å²) >= 11 is 1.71. The summed E-state index contributed by atoms with van der Waals surface area (Å²) in [4.78, 5) is 13.1. The normalized spacial score (nSPS) is 12.5. The van der Waals surface area contributed by atoms with Crippen molar-refractivity contribution in [2.24, 2.45) is 11.8 Å². The predicted molar refractivity (Wildman–Crippen MR) is 406 cm³/mol. The highest BCUT2D eigenvalue weighted by Crippen LogP contribution is 2.12. The molecule has 532 valence electrons. The Labute approximate surface area is 579 Å². The lowest BCUT2D eigenvalue weighted by molar-refractivity contribution is 0.0238. The Morgan fingerprint density at radius 3 is 1.22 bits per heavy atom. The maximum absolute atomic E-state index is 11.5. The van der Waals surface area contributed by atoms with Crippen molar-refractivity contribution in [2.45, 2.75) is 225 Å². The van der Waals surface area contributed by atoms with Gasteiger partial charge in [0.25, 0.3) is 0 Å². The molecule has 17 heteroatoms. The fourth-order valence-electron chi connectivity index (χ4n) is 7.29. The molecular formula is C77H129N7O7S3. The van der Waals surface area contributed by atoms with Crippen molar-refractivity contribution >= 4 is 37.1 Å². The summed E-state index contributed by atoms with van der Waals surface area (Å²) in [5.41, 5.74) is 4.43. The van der Waals surface area contributed by atoms with Crippen molar-refractivity contribution in [3.63, 3.8) is 0 Å². The SMILES string of the molecule is CC.CC(C)C.CC(C)C.CC(C)N1CCCC1.CC(C)N1CCOCC1.CC(C)NS(=O)(=O)Cc1ccccc1.CC(C)NS(=O)(=O)c1ccccc1.CC(C)Nc1ccccc1.CC(C)OCc1ccccc1.CC(C)c1cncnc1.c1ccoc1.c1ccsc1. The largest absolute Gasteiger partial charge is 0.473 e. The van der Waals surface area contributed by atoms with E-state index in [0.717, 1.165) is 56.4 Å². The molecule has 0 atom stereocenters. The molecule has 0 radical (unpaired) electrons. The van der Waals surface area contributed by atoms with Crippen LogP contribution in [0, 0.1) is 11.8 Å². The van der Waals surface area contributed by atoms with Crippen molar-refractivity contribution in [1.29, 1.82) is 0 Å². The molecule has 3 N–H and O–H groups in total. The third-order valence-electron chi connectivity index (χ3n) is 11.5. The minimum atomic E-state index is -3.31. The number of rotatable bonds is 15. The molecule has 94 heavy (non-hydrogen) atoms. The third-order valence-corrected chi connectivity index (χ3v) is 15.3. The van der Waals surface area contributed by atoms with Crippen LogP contribution in [-0.2, 0) is 41.9 Å². The van der Waals surface area contributed by atoms with Crippen LogP contribution >= 0.6 is 11.3 Å². The molecule has 0 unspecified atom stereocenters. The number of furan rings is 1. The lowest BCUT2D eigenvalue weighted by Crippen LogP contribution is -2.40. The summed E-state index contributed by atoms with van der Waals surface area (Å²) in [6.07, 6.45) is 11.6. The number of likely N-dealkylation sites (tertiary alicyclic amines) is 1. The van der Waals surface area contributed by atoms with Gasteiger partial charge in [-0.3, -0.25) is 4.90 Å². The van der Waals surface area contributed by atoms with Crippen molar-refractivity contribution < 1.29 is 30.7 Å².